The lowest BCUT2D eigenvalue weighted by Crippen LogP contribution is -2.64. The van der Waals surface area contributed by atoms with Gasteiger partial charge >= 0.3 is 0 Å². The highest BCUT2D eigenvalue weighted by molar-refractivity contribution is 5.98. The van der Waals surface area contributed by atoms with Crippen molar-refractivity contribution < 1.29 is 74.1 Å². The van der Waals surface area contributed by atoms with Crippen molar-refractivity contribution in [2.24, 2.45) is 17.6 Å². The summed E-state index contributed by atoms with van der Waals surface area (Å²) in [6, 6.07) is -5.41. The van der Waals surface area contributed by atoms with Gasteiger partial charge in [0.25, 0.3) is 0 Å². The van der Waals surface area contributed by atoms with E-state index in [2.05, 4.69) is 47.4 Å². The summed E-state index contributed by atoms with van der Waals surface area (Å²) < 4.78 is 0. The average molecular weight is 1030 g/mol. The molecule has 0 radical (unpaired) electrons. The van der Waals surface area contributed by atoms with Crippen LogP contribution in [0.2, 0.25) is 0 Å². The number of carbonyl (C=O) groups excluding carboxylic acids is 8. The van der Waals surface area contributed by atoms with Gasteiger partial charge in [-0.3, -0.25) is 38.4 Å². The Morgan fingerprint density at radius 3 is 2.00 bits per heavy atom. The van der Waals surface area contributed by atoms with Gasteiger partial charge in [0.2, 0.25) is 47.3 Å². The molecule has 0 spiro atoms. The molecule has 0 saturated carbocycles. The summed E-state index contributed by atoms with van der Waals surface area (Å²) in [7, 11) is 0. The first kappa shape index (κ1) is 60.1. The van der Waals surface area contributed by atoms with Crippen molar-refractivity contribution in [2.75, 3.05) is 19.6 Å². The van der Waals surface area contributed by atoms with Gasteiger partial charge in [0, 0.05) is 45.3 Å². The lowest BCUT2D eigenvalue weighted by atomic mass is 9.91. The SMILES string of the molecule is CCC(C)CC(C)CCCCCCCCC(=O)NC1C[C@@H](O)CNC(=O)[C@@H]2[C@@H](O)CCN2C(=O)[C@H]([C@@H](O)CC(N)=O)NC(=O)[C@H]([C@H](O)Cc2ccc(O)cc2)NC(=O)[C@@H]2C[C@@H](O)CN2C(=O)[C@H]([C@H](C)O)NC1=O. The third-order valence-electron chi connectivity index (χ3n) is 14.1. The molecule has 1 aromatic carbocycles. The molecular formula is C50H80N8O15. The summed E-state index contributed by atoms with van der Waals surface area (Å²) in [6.45, 7) is 6.49. The number of hydrogen-bond acceptors (Lipinski definition) is 15. The number of nitrogens with two attached hydrogens (primary N) is 1. The molecule has 23 nitrogen and oxygen atoms in total. The van der Waals surface area contributed by atoms with E-state index < -0.39 is 152 Å². The number of phenols is 1. The highest BCUT2D eigenvalue weighted by atomic mass is 16.3. The van der Waals surface area contributed by atoms with Crippen LogP contribution in [0.15, 0.2) is 24.3 Å². The van der Waals surface area contributed by atoms with E-state index in [1.165, 1.54) is 37.6 Å². The van der Waals surface area contributed by atoms with Crippen molar-refractivity contribution >= 4 is 47.3 Å². The summed E-state index contributed by atoms with van der Waals surface area (Å²) in [5.41, 5.74) is 5.70. The fourth-order valence-electron chi connectivity index (χ4n) is 9.75. The first-order valence-corrected chi connectivity index (χ1v) is 25.7. The van der Waals surface area contributed by atoms with E-state index >= 15 is 0 Å². The molecule has 0 bridgehead atoms. The van der Waals surface area contributed by atoms with Gasteiger partial charge in [-0.25, -0.2) is 0 Å². The molecular weight excluding hydrogens is 953 g/mol. The minimum absolute atomic E-state index is 0.00429. The molecule has 14 atom stereocenters. The first-order valence-electron chi connectivity index (χ1n) is 25.7. The zero-order valence-corrected chi connectivity index (χ0v) is 42.5. The molecule has 3 aliphatic heterocycles. The number of amides is 8. The Morgan fingerprint density at radius 1 is 0.740 bits per heavy atom. The van der Waals surface area contributed by atoms with E-state index in [0.717, 1.165) is 54.7 Å². The number of aliphatic hydroxyl groups excluding tert-OH is 6. The standard InChI is InChI=1S/C50H80N8O15/c1-5-27(2)20-28(3)12-10-8-6-7-9-11-13-40(67)53-34-22-32(61)25-52-48(71)44-36(63)18-19-57(44)50(73)43(38(65)24-39(51)66)56-47(70)42(37(64)21-30-14-16-31(60)17-15-30)55-46(69)35-23-33(62)26-58(35)49(72)41(29(4)59)54-45(34)68/h14-17,27-29,32-38,41-44,59-65H,5-13,18-26H2,1-4H3,(H2,51,66)(H,52,71)(H,53,67)(H,54,68)(H,55,69)(H,56,70)/t27?,28?,29-,32+,33+,34?,35-,36-,37+,38-,41-,42-,43-,44-/m0/s1. The number of benzene rings is 1. The zero-order chi connectivity index (χ0) is 54.1. The van der Waals surface area contributed by atoms with Crippen LogP contribution in [0, 0.1) is 11.8 Å². The number of hydrogen-bond donors (Lipinski definition) is 13. The maximum Gasteiger partial charge on any atom is 0.248 e. The summed E-state index contributed by atoms with van der Waals surface area (Å²) in [4.78, 5) is 112. The molecule has 1 aromatic rings. The van der Waals surface area contributed by atoms with Gasteiger partial charge in [-0.15, -0.1) is 0 Å². The number of nitrogens with one attached hydrogen (secondary N) is 5. The van der Waals surface area contributed by atoms with E-state index in [9.17, 15) is 74.1 Å². The largest absolute Gasteiger partial charge is 0.508 e. The molecule has 4 rings (SSSR count). The predicted molar refractivity (Wildman–Crippen MR) is 263 cm³/mol. The molecule has 3 unspecified atom stereocenters. The van der Waals surface area contributed by atoms with Gasteiger partial charge in [-0.2, -0.15) is 0 Å². The normalized spacial score (nSPS) is 28.0. The average Bonchev–Trinajstić information content (AvgIpc) is 3.92. The van der Waals surface area contributed by atoms with Crippen molar-refractivity contribution in [1.82, 2.24) is 36.4 Å². The fraction of sp³-hybridized carbons (Fsp3) is 0.720. The lowest BCUT2D eigenvalue weighted by molar-refractivity contribution is -0.147. The quantitative estimate of drug-likeness (QED) is 0.0620. The maximum absolute atomic E-state index is 14.3. The number of fused-ring (bicyclic) bond motifs is 2. The topological polar surface area (TPSA) is 371 Å². The van der Waals surface area contributed by atoms with Crippen molar-refractivity contribution in [2.45, 2.75) is 197 Å². The van der Waals surface area contributed by atoms with Crippen LogP contribution in [-0.4, -0.2) is 185 Å². The number of nitrogens with zero attached hydrogens (tertiary/aromatic N) is 2. The van der Waals surface area contributed by atoms with E-state index in [-0.39, 0.29) is 31.6 Å². The number of primary amides is 1. The number of rotatable bonds is 20. The smallest absolute Gasteiger partial charge is 0.248 e. The lowest BCUT2D eigenvalue weighted by Gasteiger charge is -2.33. The van der Waals surface area contributed by atoms with Crippen LogP contribution in [0.4, 0.5) is 0 Å². The van der Waals surface area contributed by atoms with Gasteiger partial charge in [0.1, 0.15) is 42.0 Å². The number of aromatic hydroxyl groups is 1. The van der Waals surface area contributed by atoms with Crippen LogP contribution in [0.5, 0.6) is 5.75 Å². The molecule has 73 heavy (non-hydrogen) atoms. The van der Waals surface area contributed by atoms with Crippen LogP contribution < -0.4 is 32.3 Å². The summed E-state index contributed by atoms with van der Waals surface area (Å²) >= 11 is 0. The Labute approximate surface area is 426 Å². The Hall–Kier alpha value is -5.46. The zero-order valence-electron chi connectivity index (χ0n) is 42.5. The predicted octanol–water partition coefficient (Wildman–Crippen LogP) is -2.15. The van der Waals surface area contributed by atoms with E-state index in [0.29, 0.717) is 23.8 Å². The third-order valence-corrected chi connectivity index (χ3v) is 14.1. The molecule has 23 heteroatoms. The van der Waals surface area contributed by atoms with Gasteiger partial charge < -0.3 is 77.9 Å². The number of aliphatic hydroxyl groups is 6. The van der Waals surface area contributed by atoms with Crippen molar-refractivity contribution in [3.05, 3.63) is 29.8 Å². The second-order valence-electron chi connectivity index (χ2n) is 20.4. The summed E-state index contributed by atoms with van der Waals surface area (Å²) in [5, 5.41) is 88.7. The van der Waals surface area contributed by atoms with Crippen LogP contribution in [0.1, 0.15) is 123 Å². The summed E-state index contributed by atoms with van der Waals surface area (Å²) in [6.07, 6.45) is -3.70. The van der Waals surface area contributed by atoms with Crippen LogP contribution in [-0.2, 0) is 44.8 Å². The van der Waals surface area contributed by atoms with Crippen LogP contribution in [0.3, 0.4) is 0 Å². The number of β-amino-alcohol motifs (C(OH)–C–C–N with tert-alkyl or cyclic N) is 1. The minimum atomic E-state index is -2.10. The Kier molecular flexibility index (Phi) is 23.7. The number of phenolic OH excluding ortho intramolecular Hbond substituents is 1. The molecule has 3 fully saturated rings. The molecule has 3 saturated heterocycles. The molecule has 8 amide bonds. The third kappa shape index (κ3) is 18.2. The van der Waals surface area contributed by atoms with Crippen LogP contribution in [0.25, 0.3) is 0 Å². The molecule has 0 aromatic heterocycles. The maximum atomic E-state index is 14.3. The fourth-order valence-corrected chi connectivity index (χ4v) is 9.75. The molecule has 0 aliphatic carbocycles. The molecule has 3 heterocycles. The highest BCUT2D eigenvalue weighted by Crippen LogP contribution is 2.25. The van der Waals surface area contributed by atoms with Crippen LogP contribution >= 0.6 is 0 Å². The van der Waals surface area contributed by atoms with Gasteiger partial charge in [0.05, 0.1) is 43.0 Å². The number of unbranched alkanes of at least 4 members (excludes halogenated alkanes) is 5. The van der Waals surface area contributed by atoms with Gasteiger partial charge in [-0.1, -0.05) is 77.8 Å². The number of carbonyl (C=O) groups is 8. The molecule has 3 aliphatic rings. The first-order chi connectivity index (χ1) is 34.5. The molecule has 410 valence electrons. The monoisotopic (exact) mass is 1030 g/mol. The van der Waals surface area contributed by atoms with E-state index in [1.54, 1.807) is 0 Å². The highest BCUT2D eigenvalue weighted by Gasteiger charge is 2.48. The van der Waals surface area contributed by atoms with Crippen molar-refractivity contribution in [1.29, 1.82) is 0 Å². The molecule has 14 N–H and O–H groups in total. The minimum Gasteiger partial charge on any atom is -0.508 e. The van der Waals surface area contributed by atoms with E-state index in [1.807, 2.05) is 0 Å². The second kappa shape index (κ2) is 28.8. The Bertz CT molecular complexity index is 2030. The van der Waals surface area contributed by atoms with E-state index in [4.69, 9.17) is 5.73 Å². The van der Waals surface area contributed by atoms with Gasteiger partial charge in [0.15, 0.2) is 0 Å². The summed E-state index contributed by atoms with van der Waals surface area (Å²) in [5.74, 6) is -7.21. The van der Waals surface area contributed by atoms with Crippen molar-refractivity contribution in [3.8, 4) is 5.75 Å². The van der Waals surface area contributed by atoms with Crippen molar-refractivity contribution in [3.63, 3.8) is 0 Å². The second-order valence-corrected chi connectivity index (χ2v) is 20.4. The Balaban J connectivity index is 1.65. The Morgan fingerprint density at radius 2 is 1.36 bits per heavy atom. The van der Waals surface area contributed by atoms with Gasteiger partial charge in [-0.05, 0) is 55.7 Å².